The van der Waals surface area contributed by atoms with Crippen LogP contribution in [0.5, 0.6) is 0 Å². The Hall–Kier alpha value is -1.96. The maximum Gasteiger partial charge on any atom is 0.334 e. The van der Waals surface area contributed by atoms with E-state index in [2.05, 4.69) is 11.5 Å². The van der Waals surface area contributed by atoms with Gasteiger partial charge >= 0.3 is 11.9 Å². The molecule has 3 aliphatic rings. The van der Waals surface area contributed by atoms with Gasteiger partial charge in [0.2, 0.25) is 0 Å². The van der Waals surface area contributed by atoms with Crippen LogP contribution in [0.1, 0.15) is 20.8 Å². The number of aliphatic hydroxyl groups is 1. The third kappa shape index (κ3) is 2.16. The maximum atomic E-state index is 12.1. The van der Waals surface area contributed by atoms with Crippen LogP contribution in [-0.2, 0) is 24.0 Å². The van der Waals surface area contributed by atoms with Crippen LogP contribution in [0.3, 0.4) is 0 Å². The second-order valence-electron chi connectivity index (χ2n) is 6.76. The zero-order chi connectivity index (χ0) is 17.9. The van der Waals surface area contributed by atoms with Gasteiger partial charge in [0.1, 0.15) is 23.4 Å². The second kappa shape index (κ2) is 5.27. The first kappa shape index (κ1) is 16.9. The van der Waals surface area contributed by atoms with Crippen molar-refractivity contribution in [2.24, 2.45) is 11.8 Å². The molecule has 0 aromatic heterocycles. The topological polar surface area (TPSA) is 102 Å². The normalized spacial score (nSPS) is 43.6. The predicted molar refractivity (Wildman–Crippen MR) is 81.5 cm³/mol. The number of ether oxygens (including phenoxy) is 2. The third-order valence-electron chi connectivity index (χ3n) is 5.25. The van der Waals surface area contributed by atoms with Gasteiger partial charge in [-0.3, -0.25) is 10.1 Å². The molecule has 2 aliphatic carbocycles. The summed E-state index contributed by atoms with van der Waals surface area (Å²) >= 11 is 0. The van der Waals surface area contributed by atoms with Gasteiger partial charge in [0.05, 0.1) is 11.8 Å². The lowest BCUT2D eigenvalue weighted by Gasteiger charge is -2.40. The van der Waals surface area contributed by atoms with Crippen molar-refractivity contribution >= 4 is 11.9 Å². The van der Waals surface area contributed by atoms with E-state index in [9.17, 15) is 20.0 Å². The van der Waals surface area contributed by atoms with Crippen LogP contribution < -0.4 is 0 Å². The van der Waals surface area contributed by atoms with E-state index in [4.69, 9.17) is 9.47 Å². The van der Waals surface area contributed by atoms with E-state index < -0.39 is 47.2 Å². The summed E-state index contributed by atoms with van der Waals surface area (Å²) < 4.78 is 10.8. The summed E-state index contributed by atoms with van der Waals surface area (Å²) in [6, 6.07) is 0. The van der Waals surface area contributed by atoms with E-state index in [1.54, 1.807) is 19.9 Å². The number of hydrogen-bond donors (Lipinski definition) is 2. The molecule has 7 heteroatoms. The molecule has 1 saturated heterocycles. The largest absolute Gasteiger partial charge is 0.458 e. The van der Waals surface area contributed by atoms with Crippen LogP contribution in [0.15, 0.2) is 36.0 Å². The average Bonchev–Trinajstić information content (AvgIpc) is 2.91. The standard InChI is InChI=1S/C17H20O7/c1-8-7-11(22-10(3)18)12-9(2)15(19)23-13(12)14-16(4,24-21)5-6-17(8,14)20/h5-7,11-14,20-21H,2H2,1,3-4H3/t11-,12+,13-,14-,16-,17+/m0/s1. The highest BCUT2D eigenvalue weighted by molar-refractivity contribution is 5.91. The summed E-state index contributed by atoms with van der Waals surface area (Å²) in [5, 5.41) is 20.6. The molecule has 2 N–H and O–H groups in total. The SMILES string of the molecule is C=C1C(=O)O[C@H]2[C@H]1[C@@H](OC(C)=O)C=C(C)[C@]1(O)C=C[C@](C)(OO)[C@H]21. The first-order valence-corrected chi connectivity index (χ1v) is 7.65. The van der Waals surface area contributed by atoms with E-state index in [1.807, 2.05) is 0 Å². The van der Waals surface area contributed by atoms with Crippen LogP contribution in [0.4, 0.5) is 0 Å². The molecule has 1 aliphatic heterocycles. The Morgan fingerprint density at radius 2 is 2.08 bits per heavy atom. The summed E-state index contributed by atoms with van der Waals surface area (Å²) in [6.07, 6.45) is 2.95. The Bertz CT molecular complexity index is 678. The lowest BCUT2D eigenvalue weighted by molar-refractivity contribution is -0.327. The molecular formula is C17H20O7. The number of esters is 2. The van der Waals surface area contributed by atoms with Gasteiger partial charge in [0, 0.05) is 12.5 Å². The first-order valence-electron chi connectivity index (χ1n) is 7.65. The lowest BCUT2D eigenvalue weighted by Crippen LogP contribution is -2.53. The van der Waals surface area contributed by atoms with Crippen molar-refractivity contribution < 1.29 is 34.3 Å². The number of fused-ring (bicyclic) bond motifs is 3. The van der Waals surface area contributed by atoms with Crippen LogP contribution in [-0.4, -0.2) is 45.7 Å². The Balaban J connectivity index is 2.17. The Morgan fingerprint density at radius 3 is 2.67 bits per heavy atom. The fourth-order valence-electron chi connectivity index (χ4n) is 4.03. The van der Waals surface area contributed by atoms with Gasteiger partial charge in [-0.25, -0.2) is 9.68 Å². The van der Waals surface area contributed by atoms with Crippen molar-refractivity contribution in [1.29, 1.82) is 0 Å². The molecule has 0 unspecified atom stereocenters. The van der Waals surface area contributed by atoms with Crippen molar-refractivity contribution in [2.75, 3.05) is 0 Å². The summed E-state index contributed by atoms with van der Waals surface area (Å²) in [7, 11) is 0. The van der Waals surface area contributed by atoms with Crippen molar-refractivity contribution in [3.05, 3.63) is 36.0 Å². The number of carbonyl (C=O) groups is 2. The molecule has 24 heavy (non-hydrogen) atoms. The van der Waals surface area contributed by atoms with Gasteiger partial charge in [-0.15, -0.1) is 0 Å². The third-order valence-corrected chi connectivity index (χ3v) is 5.25. The molecule has 3 rings (SSSR count). The van der Waals surface area contributed by atoms with E-state index in [1.165, 1.54) is 19.1 Å². The Morgan fingerprint density at radius 1 is 1.42 bits per heavy atom. The van der Waals surface area contributed by atoms with Crippen molar-refractivity contribution in [3.8, 4) is 0 Å². The lowest BCUT2D eigenvalue weighted by atomic mass is 9.73. The zero-order valence-electron chi connectivity index (χ0n) is 13.7. The van der Waals surface area contributed by atoms with Crippen LogP contribution >= 0.6 is 0 Å². The highest BCUT2D eigenvalue weighted by Gasteiger charge is 2.64. The molecule has 0 amide bonds. The number of carbonyl (C=O) groups excluding carboxylic acids is 2. The molecule has 7 nitrogen and oxygen atoms in total. The smallest absolute Gasteiger partial charge is 0.334 e. The minimum absolute atomic E-state index is 0.159. The second-order valence-corrected chi connectivity index (χ2v) is 6.76. The van der Waals surface area contributed by atoms with E-state index in [-0.39, 0.29) is 5.57 Å². The molecule has 0 aromatic carbocycles. The molecular weight excluding hydrogens is 316 g/mol. The van der Waals surface area contributed by atoms with Crippen LogP contribution in [0, 0.1) is 11.8 Å². The summed E-state index contributed by atoms with van der Waals surface area (Å²) in [5.41, 5.74) is -2.12. The molecule has 0 bridgehead atoms. The van der Waals surface area contributed by atoms with Crippen molar-refractivity contribution in [2.45, 2.75) is 44.2 Å². The minimum atomic E-state index is -1.51. The fourth-order valence-corrected chi connectivity index (χ4v) is 4.03. The van der Waals surface area contributed by atoms with Gasteiger partial charge in [0.15, 0.2) is 0 Å². The van der Waals surface area contributed by atoms with Crippen molar-refractivity contribution in [3.63, 3.8) is 0 Å². The molecule has 1 heterocycles. The van der Waals surface area contributed by atoms with Gasteiger partial charge in [-0.2, -0.15) is 0 Å². The van der Waals surface area contributed by atoms with Gasteiger partial charge in [0.25, 0.3) is 0 Å². The van der Waals surface area contributed by atoms with Gasteiger partial charge in [-0.1, -0.05) is 12.7 Å². The highest BCUT2D eigenvalue weighted by atomic mass is 17.1. The zero-order valence-corrected chi connectivity index (χ0v) is 13.7. The summed E-state index contributed by atoms with van der Waals surface area (Å²) in [5.74, 6) is -2.64. The molecule has 6 atom stereocenters. The van der Waals surface area contributed by atoms with E-state index in [0.29, 0.717) is 5.57 Å². The van der Waals surface area contributed by atoms with Crippen LogP contribution in [0.2, 0.25) is 0 Å². The molecule has 1 fully saturated rings. The quantitative estimate of drug-likeness (QED) is 0.256. The summed E-state index contributed by atoms with van der Waals surface area (Å²) in [6.45, 7) is 8.28. The number of hydrogen-bond acceptors (Lipinski definition) is 7. The van der Waals surface area contributed by atoms with E-state index in [0.717, 1.165) is 0 Å². The molecule has 0 aromatic rings. The average molecular weight is 336 g/mol. The molecule has 0 saturated carbocycles. The molecule has 0 radical (unpaired) electrons. The van der Waals surface area contributed by atoms with Crippen molar-refractivity contribution in [1.82, 2.24) is 0 Å². The van der Waals surface area contributed by atoms with Crippen LogP contribution in [0.25, 0.3) is 0 Å². The number of rotatable bonds is 2. The Labute approximate surface area is 139 Å². The molecule has 0 spiro atoms. The van der Waals surface area contributed by atoms with Gasteiger partial charge in [-0.05, 0) is 31.6 Å². The highest BCUT2D eigenvalue weighted by Crippen LogP contribution is 2.53. The van der Waals surface area contributed by atoms with E-state index >= 15 is 0 Å². The Kier molecular flexibility index (Phi) is 3.71. The fraction of sp³-hybridized carbons (Fsp3) is 0.529. The summed E-state index contributed by atoms with van der Waals surface area (Å²) in [4.78, 5) is 28.2. The minimum Gasteiger partial charge on any atom is -0.458 e. The monoisotopic (exact) mass is 336 g/mol. The maximum absolute atomic E-state index is 12.1. The first-order chi connectivity index (χ1) is 11.1. The van der Waals surface area contributed by atoms with Gasteiger partial charge < -0.3 is 14.6 Å². The predicted octanol–water partition coefficient (Wildman–Crippen LogP) is 1.14. The molecule has 130 valence electrons.